The van der Waals surface area contributed by atoms with Gasteiger partial charge in [0.2, 0.25) is 0 Å². The van der Waals surface area contributed by atoms with Crippen molar-refractivity contribution in [3.05, 3.63) is 52.1 Å². The third-order valence-corrected chi connectivity index (χ3v) is 4.37. The SMILES string of the molecule is Cc1c(Cl)c(C(=O)NC(CCN(C)C)c2ccc(F)cc2)nn1C. The third kappa shape index (κ3) is 4.33. The van der Waals surface area contributed by atoms with E-state index < -0.39 is 0 Å². The van der Waals surface area contributed by atoms with Crippen LogP contribution in [0.25, 0.3) is 0 Å². The molecule has 0 saturated carbocycles. The van der Waals surface area contributed by atoms with Crippen LogP contribution in [0.5, 0.6) is 0 Å². The highest BCUT2D eigenvalue weighted by Crippen LogP contribution is 2.22. The highest BCUT2D eigenvalue weighted by atomic mass is 35.5. The summed E-state index contributed by atoms with van der Waals surface area (Å²) in [6, 6.07) is 5.89. The first-order valence-corrected chi connectivity index (χ1v) is 8.07. The number of aryl methyl sites for hydroxylation is 1. The molecule has 1 unspecified atom stereocenters. The Hall–Kier alpha value is -1.92. The molecule has 2 rings (SSSR count). The fourth-order valence-corrected chi connectivity index (χ4v) is 2.60. The van der Waals surface area contributed by atoms with E-state index in [1.807, 2.05) is 19.0 Å². The van der Waals surface area contributed by atoms with Gasteiger partial charge in [-0.25, -0.2) is 4.39 Å². The van der Waals surface area contributed by atoms with Crippen molar-refractivity contribution >= 4 is 17.5 Å². The lowest BCUT2D eigenvalue weighted by atomic mass is 10.0. The number of amides is 1. The topological polar surface area (TPSA) is 50.2 Å². The Balaban J connectivity index is 2.22. The van der Waals surface area contributed by atoms with Gasteiger partial charge in [-0.2, -0.15) is 5.10 Å². The standard InChI is InChI=1S/C17H22ClFN4O/c1-11-15(18)16(21-23(11)4)17(24)20-14(9-10-22(2)3)12-5-7-13(19)8-6-12/h5-8,14H,9-10H2,1-4H3,(H,20,24). The number of benzene rings is 1. The maximum Gasteiger partial charge on any atom is 0.273 e. The summed E-state index contributed by atoms with van der Waals surface area (Å²) in [6.45, 7) is 2.58. The average Bonchev–Trinajstić information content (AvgIpc) is 2.79. The number of hydrogen-bond acceptors (Lipinski definition) is 3. The van der Waals surface area contributed by atoms with E-state index in [1.165, 1.54) is 12.1 Å². The smallest absolute Gasteiger partial charge is 0.273 e. The minimum Gasteiger partial charge on any atom is -0.344 e. The number of halogens is 2. The van der Waals surface area contributed by atoms with Crippen molar-refractivity contribution in [1.82, 2.24) is 20.0 Å². The molecule has 1 amide bonds. The average molecular weight is 353 g/mol. The van der Waals surface area contributed by atoms with Crippen LogP contribution in [0.1, 0.15) is 34.2 Å². The summed E-state index contributed by atoms with van der Waals surface area (Å²) in [5.41, 5.74) is 1.78. The Bertz CT molecular complexity index is 712. The van der Waals surface area contributed by atoms with Crippen molar-refractivity contribution in [1.29, 1.82) is 0 Å². The zero-order valence-corrected chi connectivity index (χ0v) is 15.1. The summed E-state index contributed by atoms with van der Waals surface area (Å²) >= 11 is 6.18. The fraction of sp³-hybridized carbons (Fsp3) is 0.412. The first-order valence-electron chi connectivity index (χ1n) is 7.69. The molecule has 1 aromatic carbocycles. The summed E-state index contributed by atoms with van der Waals surface area (Å²) in [5.74, 6) is -0.642. The van der Waals surface area contributed by atoms with Crippen LogP contribution in [-0.4, -0.2) is 41.2 Å². The van der Waals surface area contributed by atoms with Crippen LogP contribution in [0.2, 0.25) is 5.02 Å². The molecule has 0 bridgehead atoms. The lowest BCUT2D eigenvalue weighted by Crippen LogP contribution is -2.31. The lowest BCUT2D eigenvalue weighted by Gasteiger charge is -2.21. The summed E-state index contributed by atoms with van der Waals surface area (Å²) in [7, 11) is 5.66. The van der Waals surface area contributed by atoms with E-state index in [1.54, 1.807) is 30.8 Å². The number of rotatable bonds is 6. The summed E-state index contributed by atoms with van der Waals surface area (Å²) < 4.78 is 14.7. The predicted molar refractivity (Wildman–Crippen MR) is 92.7 cm³/mol. The largest absolute Gasteiger partial charge is 0.344 e. The molecule has 0 aliphatic carbocycles. The van der Waals surface area contributed by atoms with Gasteiger partial charge in [0.15, 0.2) is 5.69 Å². The van der Waals surface area contributed by atoms with E-state index in [9.17, 15) is 9.18 Å². The second-order valence-corrected chi connectivity index (χ2v) is 6.42. The van der Waals surface area contributed by atoms with Crippen LogP contribution in [0.4, 0.5) is 4.39 Å². The predicted octanol–water partition coefficient (Wildman–Crippen LogP) is 2.94. The van der Waals surface area contributed by atoms with Gasteiger partial charge in [0.05, 0.1) is 16.8 Å². The third-order valence-electron chi connectivity index (χ3n) is 3.92. The van der Waals surface area contributed by atoms with Gasteiger partial charge in [-0.3, -0.25) is 9.48 Å². The molecular formula is C17H22ClFN4O. The minimum atomic E-state index is -0.336. The van der Waals surface area contributed by atoms with Gasteiger partial charge in [0, 0.05) is 7.05 Å². The number of nitrogens with zero attached hydrogens (tertiary/aromatic N) is 3. The molecule has 0 fully saturated rings. The highest BCUT2D eigenvalue weighted by Gasteiger charge is 2.22. The van der Waals surface area contributed by atoms with E-state index in [4.69, 9.17) is 11.6 Å². The molecule has 24 heavy (non-hydrogen) atoms. The van der Waals surface area contributed by atoms with Crippen molar-refractivity contribution in [2.24, 2.45) is 7.05 Å². The molecule has 0 spiro atoms. The van der Waals surface area contributed by atoms with Gasteiger partial charge in [0.1, 0.15) is 5.82 Å². The van der Waals surface area contributed by atoms with Crippen LogP contribution in [0.3, 0.4) is 0 Å². The Morgan fingerprint density at radius 1 is 1.38 bits per heavy atom. The molecule has 1 aromatic heterocycles. The van der Waals surface area contributed by atoms with Gasteiger partial charge in [-0.15, -0.1) is 0 Å². The van der Waals surface area contributed by atoms with Crippen molar-refractivity contribution < 1.29 is 9.18 Å². The van der Waals surface area contributed by atoms with Gasteiger partial charge in [0.25, 0.3) is 5.91 Å². The Labute approximate surface area is 146 Å². The molecule has 130 valence electrons. The summed E-state index contributed by atoms with van der Waals surface area (Å²) in [4.78, 5) is 14.6. The van der Waals surface area contributed by atoms with Crippen molar-refractivity contribution in [3.8, 4) is 0 Å². The Kier molecular flexibility index (Phi) is 5.96. The molecular weight excluding hydrogens is 331 g/mol. The van der Waals surface area contributed by atoms with Gasteiger partial charge < -0.3 is 10.2 Å². The van der Waals surface area contributed by atoms with Crippen molar-refractivity contribution in [3.63, 3.8) is 0 Å². The van der Waals surface area contributed by atoms with Crippen LogP contribution in [0, 0.1) is 12.7 Å². The first-order chi connectivity index (χ1) is 11.3. The molecule has 5 nitrogen and oxygen atoms in total. The molecule has 0 radical (unpaired) electrons. The Morgan fingerprint density at radius 3 is 2.50 bits per heavy atom. The number of hydrogen-bond donors (Lipinski definition) is 1. The quantitative estimate of drug-likeness (QED) is 0.869. The van der Waals surface area contributed by atoms with Crippen LogP contribution < -0.4 is 5.32 Å². The van der Waals surface area contributed by atoms with Crippen LogP contribution in [0.15, 0.2) is 24.3 Å². The number of carbonyl (C=O) groups is 1. The lowest BCUT2D eigenvalue weighted by molar-refractivity contribution is 0.0927. The van der Waals surface area contributed by atoms with E-state index in [0.29, 0.717) is 11.4 Å². The van der Waals surface area contributed by atoms with E-state index in [0.717, 1.165) is 17.8 Å². The summed E-state index contributed by atoms with van der Waals surface area (Å²) in [6.07, 6.45) is 0.688. The molecule has 7 heteroatoms. The van der Waals surface area contributed by atoms with Gasteiger partial charge in [-0.05, 0) is 51.7 Å². The second-order valence-electron chi connectivity index (χ2n) is 6.04. The van der Waals surface area contributed by atoms with Crippen LogP contribution in [-0.2, 0) is 7.05 Å². The molecule has 2 aromatic rings. The molecule has 0 aliphatic rings. The maximum absolute atomic E-state index is 13.2. The fourth-order valence-electron chi connectivity index (χ4n) is 2.36. The van der Waals surface area contributed by atoms with Crippen molar-refractivity contribution in [2.45, 2.75) is 19.4 Å². The second kappa shape index (κ2) is 7.77. The minimum absolute atomic E-state index is 0.202. The van der Waals surface area contributed by atoms with E-state index in [2.05, 4.69) is 10.4 Å². The Morgan fingerprint density at radius 2 is 2.00 bits per heavy atom. The molecule has 0 aliphatic heterocycles. The molecule has 1 heterocycles. The first kappa shape index (κ1) is 18.4. The molecule has 0 saturated heterocycles. The van der Waals surface area contributed by atoms with Crippen molar-refractivity contribution in [2.75, 3.05) is 20.6 Å². The molecule has 1 atom stereocenters. The van der Waals surface area contributed by atoms with Gasteiger partial charge in [-0.1, -0.05) is 23.7 Å². The van der Waals surface area contributed by atoms with Gasteiger partial charge >= 0.3 is 0 Å². The number of aromatic nitrogens is 2. The number of carbonyl (C=O) groups excluding carboxylic acids is 1. The zero-order valence-electron chi connectivity index (χ0n) is 14.3. The molecule has 1 N–H and O–H groups in total. The monoisotopic (exact) mass is 352 g/mol. The zero-order chi connectivity index (χ0) is 17.9. The van der Waals surface area contributed by atoms with E-state index >= 15 is 0 Å². The maximum atomic E-state index is 13.2. The van der Waals surface area contributed by atoms with E-state index in [-0.39, 0.29) is 23.5 Å². The highest BCUT2D eigenvalue weighted by molar-refractivity contribution is 6.34. The normalized spacial score (nSPS) is 12.5. The number of nitrogens with one attached hydrogen (secondary N) is 1. The summed E-state index contributed by atoms with van der Waals surface area (Å²) in [5, 5.41) is 7.47. The van der Waals surface area contributed by atoms with Crippen LogP contribution >= 0.6 is 11.6 Å².